The van der Waals surface area contributed by atoms with Gasteiger partial charge in [-0.2, -0.15) is 13.2 Å². The highest BCUT2D eigenvalue weighted by Gasteiger charge is 2.34. The number of hydrogen-bond acceptors (Lipinski definition) is 2. The van der Waals surface area contributed by atoms with Crippen molar-refractivity contribution >= 4 is 15.5 Å². The van der Waals surface area contributed by atoms with Gasteiger partial charge in [-0.1, -0.05) is 30.3 Å². The maximum absolute atomic E-state index is 12.9. The third-order valence-corrected chi connectivity index (χ3v) is 4.64. The molecule has 2 rings (SSSR count). The van der Waals surface area contributed by atoms with Crippen LogP contribution in [-0.2, 0) is 21.8 Å². The molecule has 7 heteroatoms. The Morgan fingerprint density at radius 2 is 1.73 bits per heavy atom. The molecule has 0 atom stereocenters. The van der Waals surface area contributed by atoms with Gasteiger partial charge in [-0.3, -0.25) is 0 Å². The normalized spacial score (nSPS) is 11.9. The van der Waals surface area contributed by atoms with Gasteiger partial charge < -0.3 is 0 Å². The molecule has 2 aromatic rings. The summed E-state index contributed by atoms with van der Waals surface area (Å²) in [7, 11) is -3.97. The predicted octanol–water partition coefficient (Wildman–Crippen LogP) is 4.23. The molecule has 3 nitrogen and oxygen atoms in total. The number of rotatable bonds is 3. The molecule has 0 saturated heterocycles. The van der Waals surface area contributed by atoms with E-state index < -0.39 is 27.3 Å². The molecule has 0 radical (unpaired) electrons. The Morgan fingerprint density at radius 1 is 1.05 bits per heavy atom. The second kappa shape index (κ2) is 5.81. The molecule has 0 heterocycles. The molecule has 0 aliphatic rings. The Balaban J connectivity index is 2.44. The van der Waals surface area contributed by atoms with Crippen LogP contribution in [-0.4, -0.2) is 8.42 Å². The molecule has 0 aromatic heterocycles. The zero-order chi connectivity index (χ0) is 16.4. The lowest BCUT2D eigenvalue weighted by Crippen LogP contribution is -2.13. The van der Waals surface area contributed by atoms with Crippen molar-refractivity contribution in [3.63, 3.8) is 0 Å². The van der Waals surface area contributed by atoms with E-state index in [2.05, 4.69) is 4.85 Å². The van der Waals surface area contributed by atoms with Crippen molar-refractivity contribution in [3.8, 4) is 0 Å². The van der Waals surface area contributed by atoms with Gasteiger partial charge >= 0.3 is 6.18 Å². The number of nitrogens with zero attached hydrogens (tertiary/aromatic N) is 1. The molecule has 0 saturated carbocycles. The molecule has 0 bridgehead atoms. The first kappa shape index (κ1) is 16.0. The van der Waals surface area contributed by atoms with Crippen LogP contribution >= 0.6 is 0 Å². The molecule has 114 valence electrons. The van der Waals surface area contributed by atoms with Gasteiger partial charge in [0.1, 0.15) is 0 Å². The minimum absolute atomic E-state index is 0.116. The van der Waals surface area contributed by atoms with E-state index in [9.17, 15) is 21.6 Å². The van der Waals surface area contributed by atoms with Crippen LogP contribution in [0.4, 0.5) is 18.9 Å². The van der Waals surface area contributed by atoms with Gasteiger partial charge in [-0.25, -0.2) is 13.3 Å². The van der Waals surface area contributed by atoms with E-state index in [1.807, 2.05) is 0 Å². The van der Waals surface area contributed by atoms with Crippen LogP contribution in [0.15, 0.2) is 53.4 Å². The highest BCUT2D eigenvalue weighted by atomic mass is 32.2. The fraction of sp³-hybridized carbons (Fsp3) is 0.133. The summed E-state index contributed by atoms with van der Waals surface area (Å²) in [5.41, 5.74) is -1.17. The average molecular weight is 325 g/mol. The summed E-state index contributed by atoms with van der Waals surface area (Å²) < 4.78 is 63.3. The topological polar surface area (TPSA) is 38.5 Å². The van der Waals surface area contributed by atoms with Gasteiger partial charge in [0.25, 0.3) is 0 Å². The maximum atomic E-state index is 12.9. The lowest BCUT2D eigenvalue weighted by Gasteiger charge is -2.13. The Bertz CT molecular complexity index is 836. The van der Waals surface area contributed by atoms with E-state index >= 15 is 0 Å². The molecular formula is C15H10F3NO2S. The van der Waals surface area contributed by atoms with E-state index in [0.717, 1.165) is 18.2 Å². The summed E-state index contributed by atoms with van der Waals surface area (Å²) in [6.45, 7) is 6.86. The molecule has 2 aromatic carbocycles. The summed E-state index contributed by atoms with van der Waals surface area (Å²) in [4.78, 5) is 2.95. The molecule has 0 fully saturated rings. The minimum atomic E-state index is -4.62. The molecule has 0 aliphatic carbocycles. The van der Waals surface area contributed by atoms with Crippen molar-refractivity contribution in [1.82, 2.24) is 0 Å². The molecule has 0 amide bonds. The van der Waals surface area contributed by atoms with Gasteiger partial charge in [0.15, 0.2) is 15.5 Å². The number of benzene rings is 2. The zero-order valence-electron chi connectivity index (χ0n) is 11.1. The first-order valence-corrected chi connectivity index (χ1v) is 7.74. The summed E-state index contributed by atoms with van der Waals surface area (Å²) in [5, 5.41) is 0. The summed E-state index contributed by atoms with van der Waals surface area (Å²) in [6, 6.07) is 9.78. The monoisotopic (exact) mass is 325 g/mol. The maximum Gasteiger partial charge on any atom is 0.416 e. The van der Waals surface area contributed by atoms with Gasteiger partial charge in [0.2, 0.25) is 0 Å². The second-order valence-corrected chi connectivity index (χ2v) is 6.51. The SMILES string of the molecule is [C-]#[N+]c1cccc(S(=O)(=O)Cc2ccccc2C(F)(F)F)c1. The van der Waals surface area contributed by atoms with Crippen molar-refractivity contribution < 1.29 is 21.6 Å². The molecule has 0 unspecified atom stereocenters. The first-order chi connectivity index (χ1) is 10.2. The average Bonchev–Trinajstić information content (AvgIpc) is 2.46. The van der Waals surface area contributed by atoms with E-state index in [1.165, 1.54) is 30.3 Å². The summed E-state index contributed by atoms with van der Waals surface area (Å²) in [6.07, 6.45) is -4.62. The smallest absolute Gasteiger partial charge is 0.238 e. The molecule has 0 N–H and O–H groups in total. The van der Waals surface area contributed by atoms with Crippen molar-refractivity contribution in [2.24, 2.45) is 0 Å². The Hall–Kier alpha value is -2.33. The van der Waals surface area contributed by atoms with E-state index in [0.29, 0.717) is 0 Å². The van der Waals surface area contributed by atoms with Crippen LogP contribution in [0.5, 0.6) is 0 Å². The predicted molar refractivity (Wildman–Crippen MR) is 75.0 cm³/mol. The molecule has 0 spiro atoms. The van der Waals surface area contributed by atoms with Crippen LogP contribution in [0, 0.1) is 6.57 Å². The van der Waals surface area contributed by atoms with Crippen LogP contribution in [0.25, 0.3) is 4.85 Å². The van der Waals surface area contributed by atoms with Crippen LogP contribution in [0.2, 0.25) is 0 Å². The summed E-state index contributed by atoms with van der Waals surface area (Å²) in [5.74, 6) is -0.774. The van der Waals surface area contributed by atoms with Crippen molar-refractivity contribution in [2.45, 2.75) is 16.8 Å². The lowest BCUT2D eigenvalue weighted by atomic mass is 10.1. The van der Waals surface area contributed by atoms with E-state index in [1.54, 1.807) is 0 Å². The van der Waals surface area contributed by atoms with Crippen LogP contribution < -0.4 is 0 Å². The van der Waals surface area contributed by atoms with E-state index in [-0.39, 0.29) is 16.1 Å². The highest BCUT2D eigenvalue weighted by molar-refractivity contribution is 7.90. The fourth-order valence-corrected chi connectivity index (χ4v) is 3.37. The first-order valence-electron chi connectivity index (χ1n) is 6.09. The van der Waals surface area contributed by atoms with Crippen molar-refractivity contribution in [2.75, 3.05) is 0 Å². The largest absolute Gasteiger partial charge is 0.416 e. The van der Waals surface area contributed by atoms with Gasteiger partial charge in [-0.15, -0.1) is 0 Å². The van der Waals surface area contributed by atoms with Gasteiger partial charge in [0.05, 0.1) is 22.8 Å². The number of hydrogen-bond donors (Lipinski definition) is 0. The summed E-state index contributed by atoms with van der Waals surface area (Å²) >= 11 is 0. The Kier molecular flexibility index (Phi) is 4.24. The number of sulfone groups is 1. The number of alkyl halides is 3. The van der Waals surface area contributed by atoms with Crippen LogP contribution in [0.1, 0.15) is 11.1 Å². The number of halogens is 3. The molecule has 22 heavy (non-hydrogen) atoms. The Morgan fingerprint density at radius 3 is 2.36 bits per heavy atom. The van der Waals surface area contributed by atoms with Crippen molar-refractivity contribution in [3.05, 3.63) is 71.1 Å². The van der Waals surface area contributed by atoms with Crippen molar-refractivity contribution in [1.29, 1.82) is 0 Å². The molecule has 0 aliphatic heterocycles. The Labute approximate surface area is 125 Å². The lowest BCUT2D eigenvalue weighted by molar-refractivity contribution is -0.138. The quantitative estimate of drug-likeness (QED) is 0.792. The third-order valence-electron chi connectivity index (χ3n) is 2.97. The van der Waals surface area contributed by atoms with Gasteiger partial charge in [0, 0.05) is 0 Å². The highest BCUT2D eigenvalue weighted by Crippen LogP contribution is 2.33. The minimum Gasteiger partial charge on any atom is -0.238 e. The molecular weight excluding hydrogens is 315 g/mol. The third kappa shape index (κ3) is 3.46. The zero-order valence-corrected chi connectivity index (χ0v) is 11.9. The second-order valence-electron chi connectivity index (χ2n) is 4.52. The van der Waals surface area contributed by atoms with Crippen LogP contribution in [0.3, 0.4) is 0 Å². The van der Waals surface area contributed by atoms with Gasteiger partial charge in [-0.05, 0) is 23.8 Å². The van der Waals surface area contributed by atoms with E-state index in [4.69, 9.17) is 6.57 Å². The fourth-order valence-electron chi connectivity index (χ4n) is 1.96. The standard InChI is InChI=1S/C15H10F3NO2S/c1-19-12-6-4-7-13(9-12)22(20,21)10-11-5-2-3-8-14(11)15(16,17)18/h2-9H,10H2.